The molecule has 2 heterocycles. The highest BCUT2D eigenvalue weighted by Gasteiger charge is 2.21. The number of aliphatic imine (C=N–C) groups is 1. The molecule has 150 valence electrons. The molecule has 1 aliphatic heterocycles. The molecule has 4 rings (SSSR count). The summed E-state index contributed by atoms with van der Waals surface area (Å²) >= 11 is 0. The fourth-order valence-corrected chi connectivity index (χ4v) is 4.25. The van der Waals surface area contributed by atoms with Gasteiger partial charge in [-0.3, -0.25) is 9.89 Å². The molecule has 1 aliphatic carbocycles. The van der Waals surface area contributed by atoms with Gasteiger partial charge in [-0.2, -0.15) is 0 Å². The lowest BCUT2D eigenvalue weighted by Crippen LogP contribution is -2.52. The minimum atomic E-state index is 0.390. The molecule has 0 spiro atoms. The summed E-state index contributed by atoms with van der Waals surface area (Å²) in [6.45, 7) is 5.17. The molecule has 7 heteroatoms. The second kappa shape index (κ2) is 8.65. The van der Waals surface area contributed by atoms with Crippen LogP contribution in [0.25, 0.3) is 0 Å². The first-order valence-electron chi connectivity index (χ1n) is 10.1. The van der Waals surface area contributed by atoms with Crippen molar-refractivity contribution >= 4 is 5.96 Å². The number of phenols is 1. The van der Waals surface area contributed by atoms with E-state index in [0.29, 0.717) is 12.3 Å². The van der Waals surface area contributed by atoms with Gasteiger partial charge in [0.2, 0.25) is 0 Å². The van der Waals surface area contributed by atoms with Gasteiger partial charge in [0.1, 0.15) is 12.0 Å². The van der Waals surface area contributed by atoms with Crippen LogP contribution >= 0.6 is 0 Å². The summed E-state index contributed by atoms with van der Waals surface area (Å²) in [6.07, 6.45) is 6.23. The van der Waals surface area contributed by atoms with Crippen LogP contribution in [0.15, 0.2) is 34.0 Å². The fraction of sp³-hybridized carbons (Fsp3) is 0.524. The molecule has 28 heavy (non-hydrogen) atoms. The van der Waals surface area contributed by atoms with Crippen LogP contribution in [0.4, 0.5) is 0 Å². The first-order chi connectivity index (χ1) is 13.7. The molecular weight excluding hydrogens is 354 g/mol. The van der Waals surface area contributed by atoms with Crippen LogP contribution in [0, 0.1) is 0 Å². The predicted molar refractivity (Wildman–Crippen MR) is 108 cm³/mol. The van der Waals surface area contributed by atoms with Crippen LogP contribution in [0.3, 0.4) is 0 Å². The average molecular weight is 383 g/mol. The van der Waals surface area contributed by atoms with Crippen LogP contribution in [0.1, 0.15) is 35.2 Å². The third-order valence-electron chi connectivity index (χ3n) is 5.81. The number of phenolic OH excluding ortho intramolecular Hbond substituents is 1. The topological polar surface area (TPSA) is 77.1 Å². The van der Waals surface area contributed by atoms with Crippen molar-refractivity contribution in [3.8, 4) is 5.75 Å². The number of guanidine groups is 1. The Hall–Kier alpha value is -2.54. The molecule has 7 nitrogen and oxygen atoms in total. The van der Waals surface area contributed by atoms with Gasteiger partial charge in [-0.05, 0) is 42.9 Å². The maximum absolute atomic E-state index is 10.4. The summed E-state index contributed by atoms with van der Waals surface area (Å²) in [7, 11) is 1.82. The summed E-state index contributed by atoms with van der Waals surface area (Å²) in [6, 6.07) is 5.84. The SMILES string of the molecule is CN=C(NCc1c(O)ccc2c1CCCC2)N1CCN(Cc2ccon2)CC1. The van der Waals surface area contributed by atoms with Crippen molar-refractivity contribution in [3.63, 3.8) is 0 Å². The van der Waals surface area contributed by atoms with Gasteiger partial charge in [-0.1, -0.05) is 11.2 Å². The van der Waals surface area contributed by atoms with E-state index in [1.165, 1.54) is 24.0 Å². The molecule has 0 unspecified atom stereocenters. The van der Waals surface area contributed by atoms with Gasteiger partial charge in [-0.25, -0.2) is 0 Å². The Morgan fingerprint density at radius 2 is 2.00 bits per heavy atom. The van der Waals surface area contributed by atoms with E-state index in [0.717, 1.165) is 62.8 Å². The summed E-state index contributed by atoms with van der Waals surface area (Å²) < 4.78 is 4.92. The monoisotopic (exact) mass is 383 g/mol. The minimum absolute atomic E-state index is 0.390. The second-order valence-electron chi connectivity index (χ2n) is 7.56. The fourth-order valence-electron chi connectivity index (χ4n) is 4.25. The molecule has 0 atom stereocenters. The third kappa shape index (κ3) is 4.14. The summed E-state index contributed by atoms with van der Waals surface area (Å²) in [4.78, 5) is 9.13. The number of nitrogens with zero attached hydrogens (tertiary/aromatic N) is 4. The number of aromatic nitrogens is 1. The maximum atomic E-state index is 10.4. The molecule has 1 aromatic heterocycles. The van der Waals surface area contributed by atoms with E-state index in [9.17, 15) is 5.11 Å². The highest BCUT2D eigenvalue weighted by Crippen LogP contribution is 2.30. The van der Waals surface area contributed by atoms with Gasteiger partial charge in [0.15, 0.2) is 5.96 Å². The number of benzene rings is 1. The van der Waals surface area contributed by atoms with E-state index in [1.54, 1.807) is 6.26 Å². The van der Waals surface area contributed by atoms with Crippen molar-refractivity contribution < 1.29 is 9.63 Å². The molecule has 1 aromatic carbocycles. The molecule has 0 bridgehead atoms. The normalized spacial score (nSPS) is 18.2. The number of fused-ring (bicyclic) bond motifs is 1. The summed E-state index contributed by atoms with van der Waals surface area (Å²) in [5, 5.41) is 17.9. The van der Waals surface area contributed by atoms with E-state index in [1.807, 2.05) is 19.2 Å². The van der Waals surface area contributed by atoms with Gasteiger partial charge in [-0.15, -0.1) is 0 Å². The Bertz CT molecular complexity index is 810. The van der Waals surface area contributed by atoms with Crippen LogP contribution < -0.4 is 5.32 Å². The lowest BCUT2D eigenvalue weighted by molar-refractivity contribution is 0.169. The standard InChI is InChI=1S/C21H29N5O2/c1-22-21(26-11-9-25(10-12-26)15-17-8-13-28-24-17)23-14-19-18-5-3-2-4-16(18)6-7-20(19)27/h6-8,13,27H,2-5,9-12,14-15H2,1H3,(H,22,23). The zero-order chi connectivity index (χ0) is 19.3. The van der Waals surface area contributed by atoms with Gasteiger partial charge < -0.3 is 19.8 Å². The Labute approximate surface area is 166 Å². The zero-order valence-electron chi connectivity index (χ0n) is 16.5. The van der Waals surface area contributed by atoms with E-state index in [-0.39, 0.29) is 0 Å². The lowest BCUT2D eigenvalue weighted by Gasteiger charge is -2.36. The van der Waals surface area contributed by atoms with E-state index in [4.69, 9.17) is 4.52 Å². The smallest absolute Gasteiger partial charge is 0.194 e. The maximum Gasteiger partial charge on any atom is 0.194 e. The van der Waals surface area contributed by atoms with Crippen LogP contribution in [0.5, 0.6) is 5.75 Å². The van der Waals surface area contributed by atoms with Crippen molar-refractivity contribution in [1.82, 2.24) is 20.3 Å². The Balaban J connectivity index is 1.35. The van der Waals surface area contributed by atoms with Crippen molar-refractivity contribution in [1.29, 1.82) is 0 Å². The molecule has 1 fully saturated rings. The number of piperazine rings is 1. The molecular formula is C21H29N5O2. The van der Waals surface area contributed by atoms with Gasteiger partial charge in [0, 0.05) is 57.9 Å². The number of hydrogen-bond acceptors (Lipinski definition) is 5. The third-order valence-corrected chi connectivity index (χ3v) is 5.81. The molecule has 0 saturated carbocycles. The van der Waals surface area contributed by atoms with E-state index >= 15 is 0 Å². The molecule has 0 amide bonds. The van der Waals surface area contributed by atoms with Crippen molar-refractivity contribution in [3.05, 3.63) is 46.8 Å². The van der Waals surface area contributed by atoms with Gasteiger partial charge >= 0.3 is 0 Å². The Morgan fingerprint density at radius 1 is 1.18 bits per heavy atom. The van der Waals surface area contributed by atoms with E-state index < -0.39 is 0 Å². The summed E-state index contributed by atoms with van der Waals surface area (Å²) in [5.74, 6) is 1.29. The first-order valence-corrected chi connectivity index (χ1v) is 10.1. The first kappa shape index (κ1) is 18.8. The largest absolute Gasteiger partial charge is 0.508 e. The number of nitrogens with one attached hydrogen (secondary N) is 1. The van der Waals surface area contributed by atoms with Crippen molar-refractivity contribution in [2.75, 3.05) is 33.2 Å². The second-order valence-corrected chi connectivity index (χ2v) is 7.56. The molecule has 1 saturated heterocycles. The van der Waals surface area contributed by atoms with Crippen LogP contribution in [-0.4, -0.2) is 59.2 Å². The lowest BCUT2D eigenvalue weighted by atomic mass is 9.88. The number of aromatic hydroxyl groups is 1. The zero-order valence-corrected chi connectivity index (χ0v) is 16.5. The predicted octanol–water partition coefficient (Wildman–Crippen LogP) is 2.15. The van der Waals surface area contributed by atoms with Crippen LogP contribution in [-0.2, 0) is 25.9 Å². The van der Waals surface area contributed by atoms with Gasteiger partial charge in [0.05, 0.1) is 5.69 Å². The van der Waals surface area contributed by atoms with E-state index in [2.05, 4.69) is 31.3 Å². The van der Waals surface area contributed by atoms with Crippen molar-refractivity contribution in [2.45, 2.75) is 38.8 Å². The average Bonchev–Trinajstić information content (AvgIpc) is 3.24. The number of hydrogen-bond donors (Lipinski definition) is 2. The number of aryl methyl sites for hydroxylation is 1. The Morgan fingerprint density at radius 3 is 2.75 bits per heavy atom. The minimum Gasteiger partial charge on any atom is -0.508 e. The van der Waals surface area contributed by atoms with Crippen LogP contribution in [0.2, 0.25) is 0 Å². The molecule has 0 radical (unpaired) electrons. The van der Waals surface area contributed by atoms with Gasteiger partial charge in [0.25, 0.3) is 0 Å². The molecule has 2 aliphatic rings. The quantitative estimate of drug-likeness (QED) is 0.622. The van der Waals surface area contributed by atoms with Crippen molar-refractivity contribution in [2.24, 2.45) is 4.99 Å². The summed E-state index contributed by atoms with van der Waals surface area (Å²) in [5.41, 5.74) is 4.72. The Kier molecular flexibility index (Phi) is 5.81. The molecule has 2 N–H and O–H groups in total. The molecule has 2 aromatic rings. The highest BCUT2D eigenvalue weighted by atomic mass is 16.5. The highest BCUT2D eigenvalue weighted by molar-refractivity contribution is 5.80. The number of rotatable bonds is 4.